The molecule has 2 nitrogen and oxygen atoms in total. The first-order chi connectivity index (χ1) is 6.42. The van der Waals surface area contributed by atoms with E-state index in [0.29, 0.717) is 12.5 Å². The van der Waals surface area contributed by atoms with Gasteiger partial charge in [0.1, 0.15) is 0 Å². The van der Waals surface area contributed by atoms with E-state index in [2.05, 4.69) is 26.8 Å². The Bertz CT molecular complexity index is 251. The molecule has 0 saturated carbocycles. The van der Waals surface area contributed by atoms with Crippen molar-refractivity contribution < 1.29 is 9.53 Å². The molecule has 0 aromatic heterocycles. The Morgan fingerprint density at radius 3 is 2.79 bits per heavy atom. The maximum atomic E-state index is 10.7. The van der Waals surface area contributed by atoms with Gasteiger partial charge in [-0.3, -0.25) is 4.79 Å². The summed E-state index contributed by atoms with van der Waals surface area (Å²) in [6.07, 6.45) is 4.57. The molecule has 1 aliphatic rings. The molecule has 1 aliphatic carbocycles. The number of carbonyl (C=O) groups excluding carboxylic acids is 1. The molecule has 1 atom stereocenters. The zero-order chi connectivity index (χ0) is 10.8. The van der Waals surface area contributed by atoms with E-state index in [1.165, 1.54) is 12.5 Å². The minimum Gasteiger partial charge on any atom is -0.466 e. The van der Waals surface area contributed by atoms with Crippen molar-refractivity contribution in [3.63, 3.8) is 0 Å². The number of esters is 1. The van der Waals surface area contributed by atoms with Crippen LogP contribution in [0.25, 0.3) is 0 Å². The molecule has 0 heterocycles. The predicted octanol–water partition coefficient (Wildman–Crippen LogP) is 2.93. The van der Waals surface area contributed by atoms with E-state index in [4.69, 9.17) is 4.74 Å². The van der Waals surface area contributed by atoms with Gasteiger partial charge in [-0.2, -0.15) is 0 Å². The second kappa shape index (κ2) is 4.16. The third kappa shape index (κ3) is 2.86. The standard InChI is InChI=1S/C12H20O2/c1-9-5-6-11(8-14-10(2)13)12(3,4)7-9/h7,11H,5-6,8H2,1-4H3/t11-/m0/s1. The van der Waals surface area contributed by atoms with Crippen molar-refractivity contribution in [2.24, 2.45) is 11.3 Å². The van der Waals surface area contributed by atoms with Crippen LogP contribution in [0.3, 0.4) is 0 Å². The highest BCUT2D eigenvalue weighted by Crippen LogP contribution is 2.38. The Hall–Kier alpha value is -0.790. The highest BCUT2D eigenvalue weighted by molar-refractivity contribution is 5.65. The molecule has 0 spiro atoms. The summed E-state index contributed by atoms with van der Waals surface area (Å²) in [5.41, 5.74) is 1.62. The van der Waals surface area contributed by atoms with Crippen LogP contribution in [-0.2, 0) is 9.53 Å². The number of rotatable bonds is 2. The molecule has 14 heavy (non-hydrogen) atoms. The van der Waals surface area contributed by atoms with Crippen molar-refractivity contribution in [3.8, 4) is 0 Å². The lowest BCUT2D eigenvalue weighted by molar-refractivity contribution is -0.143. The van der Waals surface area contributed by atoms with Crippen molar-refractivity contribution in [1.29, 1.82) is 0 Å². The molecule has 0 amide bonds. The van der Waals surface area contributed by atoms with E-state index >= 15 is 0 Å². The Kier molecular flexibility index (Phi) is 3.35. The Labute approximate surface area is 86.3 Å². The minimum atomic E-state index is -0.174. The molecular formula is C12H20O2. The van der Waals surface area contributed by atoms with Crippen LogP contribution in [0.5, 0.6) is 0 Å². The normalized spacial score (nSPS) is 25.4. The van der Waals surface area contributed by atoms with E-state index in [0.717, 1.165) is 12.8 Å². The van der Waals surface area contributed by atoms with E-state index in [9.17, 15) is 4.79 Å². The first-order valence-corrected chi connectivity index (χ1v) is 5.23. The molecule has 0 saturated heterocycles. The summed E-state index contributed by atoms with van der Waals surface area (Å²) < 4.78 is 5.08. The lowest BCUT2D eigenvalue weighted by Gasteiger charge is -2.35. The first-order valence-electron chi connectivity index (χ1n) is 5.23. The van der Waals surface area contributed by atoms with Gasteiger partial charge in [-0.05, 0) is 25.2 Å². The third-order valence-electron chi connectivity index (χ3n) is 3.05. The SMILES string of the molecule is CC(=O)OC[C@@H]1CCC(C)=CC1(C)C. The van der Waals surface area contributed by atoms with Crippen molar-refractivity contribution in [3.05, 3.63) is 11.6 Å². The van der Waals surface area contributed by atoms with Crippen molar-refractivity contribution in [1.82, 2.24) is 0 Å². The van der Waals surface area contributed by atoms with Gasteiger partial charge < -0.3 is 4.74 Å². The van der Waals surface area contributed by atoms with Gasteiger partial charge in [0.05, 0.1) is 6.61 Å². The van der Waals surface area contributed by atoms with Gasteiger partial charge in [0.15, 0.2) is 0 Å². The summed E-state index contributed by atoms with van der Waals surface area (Å²) in [6.45, 7) is 8.63. The maximum Gasteiger partial charge on any atom is 0.302 e. The highest BCUT2D eigenvalue weighted by atomic mass is 16.5. The number of hydrogen-bond donors (Lipinski definition) is 0. The number of allylic oxidation sites excluding steroid dienone is 2. The molecule has 1 rings (SSSR count). The molecule has 0 fully saturated rings. The predicted molar refractivity (Wildman–Crippen MR) is 56.9 cm³/mol. The van der Waals surface area contributed by atoms with Crippen LogP contribution in [0.4, 0.5) is 0 Å². The largest absolute Gasteiger partial charge is 0.466 e. The molecule has 0 unspecified atom stereocenters. The monoisotopic (exact) mass is 196 g/mol. The van der Waals surface area contributed by atoms with Crippen LogP contribution in [0.15, 0.2) is 11.6 Å². The fourth-order valence-electron chi connectivity index (χ4n) is 2.12. The zero-order valence-electron chi connectivity index (χ0n) is 9.59. The lowest BCUT2D eigenvalue weighted by atomic mass is 9.71. The number of ether oxygens (including phenoxy) is 1. The number of carbonyl (C=O) groups is 1. The summed E-state index contributed by atoms with van der Waals surface area (Å²) in [6, 6.07) is 0. The van der Waals surface area contributed by atoms with E-state index in [1.54, 1.807) is 0 Å². The van der Waals surface area contributed by atoms with Gasteiger partial charge in [0.2, 0.25) is 0 Å². The molecule has 0 aliphatic heterocycles. The Morgan fingerprint density at radius 2 is 2.29 bits per heavy atom. The van der Waals surface area contributed by atoms with Crippen LogP contribution in [0.1, 0.15) is 40.5 Å². The van der Waals surface area contributed by atoms with Gasteiger partial charge >= 0.3 is 5.97 Å². The Balaban J connectivity index is 2.58. The van der Waals surface area contributed by atoms with Gasteiger partial charge in [-0.15, -0.1) is 0 Å². The zero-order valence-corrected chi connectivity index (χ0v) is 9.59. The average Bonchev–Trinajstić information content (AvgIpc) is 2.00. The van der Waals surface area contributed by atoms with Gasteiger partial charge in [-0.1, -0.05) is 25.5 Å². The number of hydrogen-bond acceptors (Lipinski definition) is 2. The molecular weight excluding hydrogens is 176 g/mol. The summed E-state index contributed by atoms with van der Waals surface area (Å²) in [4.78, 5) is 10.7. The van der Waals surface area contributed by atoms with Crippen LogP contribution >= 0.6 is 0 Å². The van der Waals surface area contributed by atoms with Gasteiger partial charge in [0, 0.05) is 12.8 Å². The van der Waals surface area contributed by atoms with Crippen LogP contribution in [0, 0.1) is 11.3 Å². The van der Waals surface area contributed by atoms with Gasteiger partial charge in [-0.25, -0.2) is 0 Å². The van der Waals surface area contributed by atoms with E-state index in [-0.39, 0.29) is 11.4 Å². The average molecular weight is 196 g/mol. The smallest absolute Gasteiger partial charge is 0.302 e. The second-order valence-corrected chi connectivity index (χ2v) is 4.85. The quantitative estimate of drug-likeness (QED) is 0.501. The molecule has 80 valence electrons. The van der Waals surface area contributed by atoms with E-state index in [1.807, 2.05) is 0 Å². The summed E-state index contributed by atoms with van der Waals surface area (Å²) in [7, 11) is 0. The van der Waals surface area contributed by atoms with Crippen LogP contribution in [0.2, 0.25) is 0 Å². The summed E-state index contributed by atoms with van der Waals surface area (Å²) >= 11 is 0. The molecule has 0 aromatic carbocycles. The molecule has 0 aromatic rings. The molecule has 2 heteroatoms. The minimum absolute atomic E-state index is 0.164. The third-order valence-corrected chi connectivity index (χ3v) is 3.05. The summed E-state index contributed by atoms with van der Waals surface area (Å²) in [5.74, 6) is 0.294. The highest BCUT2D eigenvalue weighted by Gasteiger charge is 2.31. The topological polar surface area (TPSA) is 26.3 Å². The van der Waals surface area contributed by atoms with Crippen LogP contribution in [-0.4, -0.2) is 12.6 Å². The van der Waals surface area contributed by atoms with Crippen LogP contribution < -0.4 is 0 Å². The second-order valence-electron chi connectivity index (χ2n) is 4.85. The lowest BCUT2D eigenvalue weighted by Crippen LogP contribution is -2.30. The van der Waals surface area contributed by atoms with Crippen molar-refractivity contribution in [2.45, 2.75) is 40.5 Å². The van der Waals surface area contributed by atoms with E-state index < -0.39 is 0 Å². The maximum absolute atomic E-state index is 10.7. The fraction of sp³-hybridized carbons (Fsp3) is 0.750. The molecule has 0 N–H and O–H groups in total. The molecule has 0 bridgehead atoms. The molecule has 0 radical (unpaired) electrons. The van der Waals surface area contributed by atoms with Crippen molar-refractivity contribution in [2.75, 3.05) is 6.61 Å². The fourth-order valence-corrected chi connectivity index (χ4v) is 2.12. The first kappa shape index (κ1) is 11.3. The Morgan fingerprint density at radius 1 is 1.64 bits per heavy atom. The van der Waals surface area contributed by atoms with Gasteiger partial charge in [0.25, 0.3) is 0 Å². The van der Waals surface area contributed by atoms with Crippen molar-refractivity contribution >= 4 is 5.97 Å². The summed E-state index contributed by atoms with van der Waals surface area (Å²) in [5, 5.41) is 0.